The Morgan fingerprint density at radius 1 is 1.28 bits per heavy atom. The van der Waals surface area contributed by atoms with E-state index < -0.39 is 0 Å². The van der Waals surface area contributed by atoms with E-state index in [1.165, 1.54) is 12.1 Å². The molecule has 2 aromatic rings. The summed E-state index contributed by atoms with van der Waals surface area (Å²) in [5, 5.41) is 3.93. The Bertz CT molecular complexity index is 704. The maximum absolute atomic E-state index is 12.9. The molecule has 1 saturated heterocycles. The van der Waals surface area contributed by atoms with E-state index in [0.29, 0.717) is 23.3 Å². The van der Waals surface area contributed by atoms with Gasteiger partial charge in [0, 0.05) is 24.7 Å². The van der Waals surface area contributed by atoms with Gasteiger partial charge in [0.2, 0.25) is 5.91 Å². The number of piperidine rings is 1. The van der Waals surface area contributed by atoms with E-state index in [-0.39, 0.29) is 24.9 Å². The van der Waals surface area contributed by atoms with Crippen LogP contribution in [0.15, 0.2) is 34.9 Å². The molecule has 0 N–H and O–H groups in total. The highest BCUT2D eigenvalue weighted by atomic mass is 19.1. The quantitative estimate of drug-likeness (QED) is 0.831. The maximum Gasteiger partial charge on any atom is 0.248 e. The zero-order valence-electron chi connectivity index (χ0n) is 14.6. The second-order valence-corrected chi connectivity index (χ2v) is 6.93. The van der Waals surface area contributed by atoms with Crippen LogP contribution in [0.25, 0.3) is 11.3 Å². The Morgan fingerprint density at radius 3 is 2.64 bits per heavy atom. The van der Waals surface area contributed by atoms with Crippen molar-refractivity contribution in [3.63, 3.8) is 0 Å². The monoisotopic (exact) mass is 346 g/mol. The number of nitrogens with zero attached hydrogens (tertiary/aromatic N) is 2. The number of hydrogen-bond donors (Lipinski definition) is 0. The van der Waals surface area contributed by atoms with Crippen LogP contribution in [0.1, 0.15) is 26.0 Å². The van der Waals surface area contributed by atoms with Gasteiger partial charge in [0.1, 0.15) is 18.1 Å². The van der Waals surface area contributed by atoms with Crippen molar-refractivity contribution in [1.29, 1.82) is 0 Å². The van der Waals surface area contributed by atoms with E-state index in [1.54, 1.807) is 18.2 Å². The van der Waals surface area contributed by atoms with Crippen molar-refractivity contribution in [3.05, 3.63) is 41.8 Å². The molecule has 2 atom stereocenters. The number of carbonyl (C=O) groups excluding carboxylic acids is 1. The first kappa shape index (κ1) is 17.6. The third kappa shape index (κ3) is 4.66. The normalized spacial score (nSPS) is 20.7. The van der Waals surface area contributed by atoms with Crippen LogP contribution < -0.4 is 0 Å². The summed E-state index contributed by atoms with van der Waals surface area (Å²) < 4.78 is 23.7. The van der Waals surface area contributed by atoms with Gasteiger partial charge in [0.05, 0.1) is 6.61 Å². The van der Waals surface area contributed by atoms with Gasteiger partial charge in [-0.15, -0.1) is 0 Å². The summed E-state index contributed by atoms with van der Waals surface area (Å²) in [7, 11) is 0. The summed E-state index contributed by atoms with van der Waals surface area (Å²) in [5.41, 5.74) is 1.35. The van der Waals surface area contributed by atoms with Crippen LogP contribution >= 0.6 is 0 Å². The van der Waals surface area contributed by atoms with Crippen molar-refractivity contribution in [2.24, 2.45) is 11.8 Å². The molecule has 6 heteroatoms. The molecule has 0 spiro atoms. The molecule has 5 nitrogen and oxygen atoms in total. The van der Waals surface area contributed by atoms with Crippen LogP contribution in [0.3, 0.4) is 0 Å². The molecule has 2 unspecified atom stereocenters. The number of aromatic nitrogens is 1. The molecule has 1 amide bonds. The van der Waals surface area contributed by atoms with Gasteiger partial charge in [0.25, 0.3) is 0 Å². The molecular weight excluding hydrogens is 323 g/mol. The first-order chi connectivity index (χ1) is 12.0. The molecule has 1 aromatic heterocycles. The molecule has 1 fully saturated rings. The van der Waals surface area contributed by atoms with Crippen LogP contribution in [0.2, 0.25) is 0 Å². The zero-order valence-corrected chi connectivity index (χ0v) is 14.6. The van der Waals surface area contributed by atoms with E-state index >= 15 is 0 Å². The summed E-state index contributed by atoms with van der Waals surface area (Å²) in [4.78, 5) is 14.1. The lowest BCUT2D eigenvalue weighted by Gasteiger charge is -2.34. The van der Waals surface area contributed by atoms with Gasteiger partial charge in [0.15, 0.2) is 5.76 Å². The fraction of sp³-hybridized carbons (Fsp3) is 0.474. The third-order valence-corrected chi connectivity index (χ3v) is 4.38. The van der Waals surface area contributed by atoms with E-state index in [9.17, 15) is 9.18 Å². The average molecular weight is 346 g/mol. The predicted octanol–water partition coefficient (Wildman–Crippen LogP) is 3.50. The maximum atomic E-state index is 12.9. The number of hydrogen-bond acceptors (Lipinski definition) is 4. The zero-order chi connectivity index (χ0) is 17.8. The highest BCUT2D eigenvalue weighted by Gasteiger charge is 2.25. The molecule has 0 radical (unpaired) electrons. The highest BCUT2D eigenvalue weighted by molar-refractivity contribution is 5.77. The largest absolute Gasteiger partial charge is 0.365 e. The molecule has 0 aliphatic carbocycles. The first-order valence-corrected chi connectivity index (χ1v) is 8.58. The number of likely N-dealkylation sites (tertiary alicyclic amines) is 1. The topological polar surface area (TPSA) is 55.6 Å². The van der Waals surface area contributed by atoms with Gasteiger partial charge in [-0.05, 0) is 42.5 Å². The lowest BCUT2D eigenvalue weighted by atomic mass is 9.92. The van der Waals surface area contributed by atoms with Crippen molar-refractivity contribution >= 4 is 5.91 Å². The second kappa shape index (κ2) is 7.78. The van der Waals surface area contributed by atoms with Gasteiger partial charge in [-0.25, -0.2) is 4.39 Å². The molecule has 2 heterocycles. The van der Waals surface area contributed by atoms with Crippen molar-refractivity contribution < 1.29 is 18.4 Å². The van der Waals surface area contributed by atoms with Gasteiger partial charge >= 0.3 is 0 Å². The van der Waals surface area contributed by atoms with Crippen molar-refractivity contribution in [3.8, 4) is 11.3 Å². The second-order valence-electron chi connectivity index (χ2n) is 6.93. The predicted molar refractivity (Wildman–Crippen MR) is 91.1 cm³/mol. The van der Waals surface area contributed by atoms with Crippen LogP contribution in [-0.4, -0.2) is 35.7 Å². The molecule has 0 saturated carbocycles. The van der Waals surface area contributed by atoms with Crippen molar-refractivity contribution in [2.75, 3.05) is 19.7 Å². The minimum atomic E-state index is -0.299. The van der Waals surface area contributed by atoms with Crippen LogP contribution in [0, 0.1) is 17.7 Å². The lowest BCUT2D eigenvalue weighted by molar-refractivity contribution is -0.139. The van der Waals surface area contributed by atoms with Gasteiger partial charge in [-0.2, -0.15) is 0 Å². The van der Waals surface area contributed by atoms with Gasteiger partial charge < -0.3 is 14.2 Å². The van der Waals surface area contributed by atoms with Crippen LogP contribution in [0.4, 0.5) is 4.39 Å². The van der Waals surface area contributed by atoms with E-state index in [2.05, 4.69) is 19.0 Å². The van der Waals surface area contributed by atoms with Gasteiger partial charge in [-0.1, -0.05) is 19.0 Å². The summed E-state index contributed by atoms with van der Waals surface area (Å²) in [6.07, 6.45) is 1.16. The van der Waals surface area contributed by atoms with E-state index in [4.69, 9.17) is 9.26 Å². The van der Waals surface area contributed by atoms with Crippen LogP contribution in [0.5, 0.6) is 0 Å². The summed E-state index contributed by atoms with van der Waals surface area (Å²) in [6.45, 7) is 6.18. The number of halogens is 1. The molecule has 1 aliphatic heterocycles. The number of rotatable bonds is 5. The molecular formula is C19H23FN2O3. The Morgan fingerprint density at radius 2 is 1.96 bits per heavy atom. The Balaban J connectivity index is 1.49. The molecule has 0 bridgehead atoms. The molecule has 134 valence electrons. The summed E-state index contributed by atoms with van der Waals surface area (Å²) in [5.74, 6) is 1.32. The summed E-state index contributed by atoms with van der Waals surface area (Å²) in [6, 6.07) is 7.73. The third-order valence-electron chi connectivity index (χ3n) is 4.38. The molecule has 25 heavy (non-hydrogen) atoms. The minimum Gasteiger partial charge on any atom is -0.365 e. The standard InChI is InChI=1S/C19H23FN2O3/c1-13-7-14(2)10-22(9-13)19(23)12-24-11-17-8-18(25-21-17)15-3-5-16(20)6-4-15/h3-6,8,13-14H,7,9-12H2,1-2H3. The fourth-order valence-electron chi connectivity index (χ4n) is 3.33. The fourth-order valence-corrected chi connectivity index (χ4v) is 3.33. The number of ether oxygens (including phenoxy) is 1. The van der Waals surface area contributed by atoms with Gasteiger partial charge in [-0.3, -0.25) is 4.79 Å². The van der Waals surface area contributed by atoms with Crippen molar-refractivity contribution in [1.82, 2.24) is 10.1 Å². The number of amides is 1. The smallest absolute Gasteiger partial charge is 0.248 e. The highest BCUT2D eigenvalue weighted by Crippen LogP contribution is 2.22. The molecule has 3 rings (SSSR count). The molecule has 1 aliphatic rings. The van der Waals surface area contributed by atoms with Crippen LogP contribution in [-0.2, 0) is 16.1 Å². The first-order valence-electron chi connectivity index (χ1n) is 8.58. The van der Waals surface area contributed by atoms with E-state index in [1.807, 2.05) is 4.90 Å². The lowest BCUT2D eigenvalue weighted by Crippen LogP contribution is -2.44. The molecule has 1 aromatic carbocycles. The SMILES string of the molecule is CC1CC(C)CN(C(=O)COCc2cc(-c3ccc(F)cc3)on2)C1. The Hall–Kier alpha value is -2.21. The Labute approximate surface area is 146 Å². The Kier molecular flexibility index (Phi) is 5.48. The summed E-state index contributed by atoms with van der Waals surface area (Å²) >= 11 is 0. The van der Waals surface area contributed by atoms with Crippen molar-refractivity contribution in [2.45, 2.75) is 26.9 Å². The minimum absolute atomic E-state index is 0.0145. The number of carbonyl (C=O) groups is 1. The number of benzene rings is 1. The van der Waals surface area contributed by atoms with E-state index in [0.717, 1.165) is 25.1 Å². The average Bonchev–Trinajstić information content (AvgIpc) is 3.03.